The maximum absolute atomic E-state index is 12.7. The largest absolute Gasteiger partial charge is 0.369 e. The topological polar surface area (TPSA) is 42.6 Å². The number of carbonyl (C=O) groups excluding carboxylic acids is 1. The predicted octanol–water partition coefficient (Wildman–Crippen LogP) is 3.77. The van der Waals surface area contributed by atoms with E-state index < -0.39 is 0 Å². The van der Waals surface area contributed by atoms with E-state index in [1.54, 1.807) is 0 Å². The molecule has 1 N–H and O–H groups in total. The highest BCUT2D eigenvalue weighted by Gasteiger charge is 2.23. The van der Waals surface area contributed by atoms with Gasteiger partial charge in [0, 0.05) is 67.6 Å². The number of nitrogens with one attached hydrogen (secondary N) is 1. The number of anilines is 1. The van der Waals surface area contributed by atoms with E-state index >= 15 is 0 Å². The molecule has 0 saturated carbocycles. The minimum atomic E-state index is 0.213. The minimum absolute atomic E-state index is 0.213. The predicted molar refractivity (Wildman–Crippen MR) is 122 cm³/mol. The Labute approximate surface area is 178 Å². The Hall–Kier alpha value is -2.79. The first-order valence-corrected chi connectivity index (χ1v) is 11.2. The third-order valence-corrected chi connectivity index (χ3v) is 6.61. The molecule has 2 aliphatic heterocycles. The number of fused-ring (bicyclic) bond motifs is 2. The highest BCUT2D eigenvalue weighted by atomic mass is 16.2. The van der Waals surface area contributed by atoms with E-state index in [9.17, 15) is 4.79 Å². The van der Waals surface area contributed by atoms with Gasteiger partial charge >= 0.3 is 0 Å². The van der Waals surface area contributed by atoms with Crippen molar-refractivity contribution < 1.29 is 4.79 Å². The van der Waals surface area contributed by atoms with Crippen LogP contribution in [0, 0.1) is 0 Å². The summed E-state index contributed by atoms with van der Waals surface area (Å²) in [5, 5.41) is 1.28. The van der Waals surface area contributed by atoms with Crippen LogP contribution in [0.1, 0.15) is 28.8 Å². The second-order valence-corrected chi connectivity index (χ2v) is 8.48. The number of nitrogens with zero attached hydrogens (tertiary/aromatic N) is 3. The Bertz CT molecular complexity index is 1020. The lowest BCUT2D eigenvalue weighted by molar-refractivity contribution is 0.0735. The van der Waals surface area contributed by atoms with Crippen molar-refractivity contribution in [3.8, 4) is 0 Å². The molecular weight excluding hydrogens is 372 g/mol. The number of rotatable bonds is 6. The molecule has 0 aliphatic carbocycles. The Balaban J connectivity index is 1.05. The lowest BCUT2D eigenvalue weighted by Gasteiger charge is -2.36. The monoisotopic (exact) mass is 402 g/mol. The molecule has 0 bridgehead atoms. The number of hydrogen-bond donors (Lipinski definition) is 1. The molecule has 156 valence electrons. The molecule has 5 rings (SSSR count). The van der Waals surface area contributed by atoms with Crippen LogP contribution in [0.2, 0.25) is 0 Å². The van der Waals surface area contributed by atoms with E-state index in [4.69, 9.17) is 0 Å². The standard InChI is InChI=1S/C25H30N4O/c30-25-23-6-2-1-5-20(23)10-14-29(25)13-4-3-12-27-15-17-28(18-16-27)22-7-8-24-21(19-22)9-11-26-24/h1-2,5-9,11,19,26H,3-4,10,12-18H2. The average Bonchev–Trinajstić information content (AvgIpc) is 3.26. The molecule has 30 heavy (non-hydrogen) atoms. The number of carbonyl (C=O) groups is 1. The molecule has 1 fully saturated rings. The Morgan fingerprint density at radius 2 is 1.70 bits per heavy atom. The SMILES string of the molecule is O=C1c2ccccc2CCN1CCCCN1CCN(c2ccc3[nH]ccc3c2)CC1. The zero-order chi connectivity index (χ0) is 20.3. The molecule has 3 aromatic rings. The van der Waals surface area contributed by atoms with Crippen molar-refractivity contribution in [3.63, 3.8) is 0 Å². The molecule has 1 saturated heterocycles. The van der Waals surface area contributed by atoms with Gasteiger partial charge in [0.05, 0.1) is 0 Å². The van der Waals surface area contributed by atoms with Gasteiger partial charge in [0.15, 0.2) is 0 Å². The highest BCUT2D eigenvalue weighted by molar-refractivity contribution is 5.96. The molecule has 0 spiro atoms. The summed E-state index contributed by atoms with van der Waals surface area (Å²) in [4.78, 5) is 23.0. The van der Waals surface area contributed by atoms with E-state index in [-0.39, 0.29) is 5.91 Å². The molecule has 0 radical (unpaired) electrons. The summed E-state index contributed by atoms with van der Waals surface area (Å²) in [6, 6.07) is 16.9. The maximum Gasteiger partial charge on any atom is 0.254 e. The maximum atomic E-state index is 12.7. The van der Waals surface area contributed by atoms with E-state index in [2.05, 4.69) is 45.1 Å². The third kappa shape index (κ3) is 3.94. The van der Waals surface area contributed by atoms with Crippen LogP contribution in [0.3, 0.4) is 0 Å². The lowest BCUT2D eigenvalue weighted by Crippen LogP contribution is -2.46. The fourth-order valence-electron chi connectivity index (χ4n) is 4.79. The number of amides is 1. The molecular formula is C25H30N4O. The molecule has 3 heterocycles. The van der Waals surface area contributed by atoms with Crippen LogP contribution in [0.5, 0.6) is 0 Å². The number of benzene rings is 2. The number of hydrogen-bond acceptors (Lipinski definition) is 3. The zero-order valence-electron chi connectivity index (χ0n) is 17.5. The van der Waals surface area contributed by atoms with E-state index in [1.165, 1.54) is 22.2 Å². The summed E-state index contributed by atoms with van der Waals surface area (Å²) in [6.07, 6.45) is 5.22. The lowest BCUT2D eigenvalue weighted by atomic mass is 9.99. The third-order valence-electron chi connectivity index (χ3n) is 6.61. The normalized spacial score (nSPS) is 17.5. The first-order chi connectivity index (χ1) is 14.8. The van der Waals surface area contributed by atoms with Gasteiger partial charge in [-0.15, -0.1) is 0 Å². The van der Waals surface area contributed by atoms with Crippen molar-refractivity contribution in [3.05, 3.63) is 65.9 Å². The van der Waals surface area contributed by atoms with Gasteiger partial charge in [-0.25, -0.2) is 0 Å². The van der Waals surface area contributed by atoms with Crippen molar-refractivity contribution in [2.45, 2.75) is 19.3 Å². The Kier molecular flexibility index (Phi) is 5.45. The molecule has 5 heteroatoms. The van der Waals surface area contributed by atoms with E-state index in [0.717, 1.165) is 70.6 Å². The zero-order valence-corrected chi connectivity index (χ0v) is 17.5. The summed E-state index contributed by atoms with van der Waals surface area (Å²) >= 11 is 0. The quantitative estimate of drug-likeness (QED) is 0.639. The van der Waals surface area contributed by atoms with Crippen LogP contribution in [-0.4, -0.2) is 66.5 Å². The van der Waals surface area contributed by atoms with Crippen LogP contribution in [0.4, 0.5) is 5.69 Å². The van der Waals surface area contributed by atoms with E-state index in [0.29, 0.717) is 0 Å². The van der Waals surface area contributed by atoms with Gasteiger partial charge in [-0.3, -0.25) is 9.69 Å². The first kappa shape index (κ1) is 19.2. The van der Waals surface area contributed by atoms with Crippen LogP contribution in [0.15, 0.2) is 54.7 Å². The fraction of sp³-hybridized carbons (Fsp3) is 0.400. The summed E-state index contributed by atoms with van der Waals surface area (Å²) < 4.78 is 0. The molecule has 1 aromatic heterocycles. The number of unbranched alkanes of at least 4 members (excludes halogenated alkanes) is 1. The molecule has 0 unspecified atom stereocenters. The Morgan fingerprint density at radius 3 is 2.60 bits per heavy atom. The number of H-pyrrole nitrogens is 1. The molecule has 2 aliphatic rings. The number of aromatic nitrogens is 1. The summed E-state index contributed by atoms with van der Waals surface area (Å²) in [7, 11) is 0. The van der Waals surface area contributed by atoms with Gasteiger partial charge in [0.1, 0.15) is 0 Å². The second-order valence-electron chi connectivity index (χ2n) is 8.48. The second kappa shape index (κ2) is 8.52. The van der Waals surface area contributed by atoms with E-state index in [1.807, 2.05) is 29.3 Å². The summed E-state index contributed by atoms with van der Waals surface area (Å²) in [5.74, 6) is 0.213. The van der Waals surface area contributed by atoms with Crippen LogP contribution < -0.4 is 4.90 Å². The molecule has 0 atom stereocenters. The van der Waals surface area contributed by atoms with Crippen LogP contribution in [0.25, 0.3) is 10.9 Å². The van der Waals surface area contributed by atoms with Gasteiger partial charge in [0.25, 0.3) is 5.91 Å². The van der Waals surface area contributed by atoms with Crippen molar-refractivity contribution in [1.29, 1.82) is 0 Å². The summed E-state index contributed by atoms with van der Waals surface area (Å²) in [6.45, 7) is 7.25. The minimum Gasteiger partial charge on any atom is -0.369 e. The van der Waals surface area contributed by atoms with Gasteiger partial charge in [-0.1, -0.05) is 18.2 Å². The van der Waals surface area contributed by atoms with Crippen LogP contribution in [-0.2, 0) is 6.42 Å². The van der Waals surface area contributed by atoms with Crippen LogP contribution >= 0.6 is 0 Å². The van der Waals surface area contributed by atoms with Gasteiger partial charge in [0.2, 0.25) is 0 Å². The fourth-order valence-corrected chi connectivity index (χ4v) is 4.79. The highest BCUT2D eigenvalue weighted by Crippen LogP contribution is 2.23. The van der Waals surface area contributed by atoms with Crippen molar-refractivity contribution >= 4 is 22.5 Å². The van der Waals surface area contributed by atoms with Gasteiger partial charge < -0.3 is 14.8 Å². The number of aromatic amines is 1. The molecule has 5 nitrogen and oxygen atoms in total. The van der Waals surface area contributed by atoms with Crippen molar-refractivity contribution in [2.75, 3.05) is 50.7 Å². The van der Waals surface area contributed by atoms with Crippen molar-refractivity contribution in [2.24, 2.45) is 0 Å². The molecule has 1 amide bonds. The van der Waals surface area contributed by atoms with Gasteiger partial charge in [-0.05, 0) is 61.7 Å². The molecule has 2 aromatic carbocycles. The summed E-state index contributed by atoms with van der Waals surface area (Å²) in [5.41, 5.74) is 4.63. The van der Waals surface area contributed by atoms with Crippen molar-refractivity contribution in [1.82, 2.24) is 14.8 Å². The first-order valence-electron chi connectivity index (χ1n) is 11.2. The average molecular weight is 403 g/mol. The smallest absolute Gasteiger partial charge is 0.254 e. The Morgan fingerprint density at radius 1 is 0.867 bits per heavy atom. The number of piperazine rings is 1. The van der Waals surface area contributed by atoms with Gasteiger partial charge in [-0.2, -0.15) is 0 Å².